The van der Waals surface area contributed by atoms with Crippen LogP contribution in [0, 0.1) is 11.3 Å². The van der Waals surface area contributed by atoms with Crippen LogP contribution in [-0.4, -0.2) is 55.2 Å². The average molecular weight is 502 g/mol. The molecule has 5 rings (SSSR count). The molecule has 1 saturated carbocycles. The molecule has 3 aliphatic rings. The van der Waals surface area contributed by atoms with Crippen LogP contribution in [0.1, 0.15) is 36.8 Å². The third kappa shape index (κ3) is 4.81. The predicted octanol–water partition coefficient (Wildman–Crippen LogP) is 4.57. The Morgan fingerprint density at radius 2 is 1.86 bits per heavy atom. The molecule has 1 amide bonds. The molecule has 2 aromatic rings. The molecule has 0 unspecified atom stereocenters. The van der Waals surface area contributed by atoms with Gasteiger partial charge in [-0.05, 0) is 65.6 Å². The van der Waals surface area contributed by atoms with Gasteiger partial charge in [0.15, 0.2) is 5.17 Å². The number of ketones is 1. The van der Waals surface area contributed by atoms with Gasteiger partial charge in [0.25, 0.3) is 5.91 Å². The number of ether oxygens (including phenoxy) is 2. The highest BCUT2D eigenvalue weighted by molar-refractivity contribution is 8.18. The fourth-order valence-corrected chi connectivity index (χ4v) is 5.87. The van der Waals surface area contributed by atoms with E-state index in [1.807, 2.05) is 48.5 Å². The number of nitrogens with zero attached hydrogens (tertiary/aromatic N) is 3. The first-order valence-corrected chi connectivity index (χ1v) is 12.9. The summed E-state index contributed by atoms with van der Waals surface area (Å²) in [7, 11) is 1.61. The standard InChI is InChI=1S/C28H27N3O4S/c1-34-24-6-5-21(17-23(24)28(18-29)9-7-22(32)8-10-28)20-4-2-3-19(15-20)16-25-26(33)30-27(36-25)31-11-13-35-14-12-31/h2-6,15-17H,7-14H2,1H3. The summed E-state index contributed by atoms with van der Waals surface area (Å²) in [5, 5.41) is 10.9. The molecule has 8 heteroatoms. The lowest BCUT2D eigenvalue weighted by atomic mass is 9.69. The number of nitriles is 1. The van der Waals surface area contributed by atoms with Crippen molar-refractivity contribution in [1.82, 2.24) is 4.90 Å². The number of amidine groups is 1. The van der Waals surface area contributed by atoms with E-state index in [1.165, 1.54) is 11.8 Å². The number of morpholine rings is 1. The minimum Gasteiger partial charge on any atom is -0.496 e. The Labute approximate surface area is 214 Å². The van der Waals surface area contributed by atoms with Gasteiger partial charge in [0.05, 0.1) is 36.7 Å². The number of methoxy groups -OCH3 is 1. The van der Waals surface area contributed by atoms with E-state index in [4.69, 9.17) is 9.47 Å². The second-order valence-electron chi connectivity index (χ2n) is 9.18. The maximum absolute atomic E-state index is 12.6. The number of Topliss-reactive ketones (excluding diaryl/α,β-unsaturated/α-hetero) is 1. The lowest BCUT2D eigenvalue weighted by molar-refractivity contribution is -0.121. The first-order chi connectivity index (χ1) is 17.5. The molecule has 0 radical (unpaired) electrons. The van der Waals surface area contributed by atoms with Crippen molar-refractivity contribution >= 4 is 34.7 Å². The zero-order chi connectivity index (χ0) is 25.1. The number of rotatable bonds is 4. The highest BCUT2D eigenvalue weighted by atomic mass is 32.2. The Kier molecular flexibility index (Phi) is 6.95. The van der Waals surface area contributed by atoms with Crippen LogP contribution in [0.5, 0.6) is 5.75 Å². The van der Waals surface area contributed by atoms with Crippen LogP contribution >= 0.6 is 11.8 Å². The largest absolute Gasteiger partial charge is 0.496 e. The van der Waals surface area contributed by atoms with Crippen molar-refractivity contribution in [3.05, 3.63) is 58.5 Å². The molecule has 2 fully saturated rings. The van der Waals surface area contributed by atoms with Crippen molar-refractivity contribution in [2.75, 3.05) is 33.4 Å². The summed E-state index contributed by atoms with van der Waals surface area (Å²) in [5.41, 5.74) is 2.91. The summed E-state index contributed by atoms with van der Waals surface area (Å²) in [5.74, 6) is 0.645. The Hall–Kier alpha value is -3.41. The van der Waals surface area contributed by atoms with E-state index in [0.717, 1.165) is 40.5 Å². The molecule has 1 aliphatic carbocycles. The number of hydrogen-bond acceptors (Lipinski definition) is 7. The van der Waals surface area contributed by atoms with Crippen molar-refractivity contribution < 1.29 is 19.1 Å². The number of carbonyl (C=O) groups excluding carboxylic acids is 2. The second kappa shape index (κ2) is 10.3. The molecule has 1 saturated heterocycles. The normalized spacial score (nSPS) is 20.8. The Morgan fingerprint density at radius 1 is 1.11 bits per heavy atom. The highest BCUT2D eigenvalue weighted by Gasteiger charge is 2.39. The molecule has 2 aromatic carbocycles. The second-order valence-corrected chi connectivity index (χ2v) is 10.2. The van der Waals surface area contributed by atoms with E-state index < -0.39 is 5.41 Å². The van der Waals surface area contributed by atoms with Crippen LogP contribution in [0.2, 0.25) is 0 Å². The van der Waals surface area contributed by atoms with Crippen molar-refractivity contribution in [2.24, 2.45) is 4.99 Å². The maximum atomic E-state index is 12.6. The first-order valence-electron chi connectivity index (χ1n) is 12.1. The topological polar surface area (TPSA) is 92.0 Å². The molecule has 0 atom stereocenters. The van der Waals surface area contributed by atoms with E-state index in [9.17, 15) is 14.9 Å². The van der Waals surface area contributed by atoms with Crippen molar-refractivity contribution in [1.29, 1.82) is 5.26 Å². The zero-order valence-corrected chi connectivity index (χ0v) is 21.0. The van der Waals surface area contributed by atoms with Gasteiger partial charge in [-0.15, -0.1) is 0 Å². The van der Waals surface area contributed by atoms with Gasteiger partial charge < -0.3 is 14.4 Å². The van der Waals surface area contributed by atoms with Crippen LogP contribution in [0.25, 0.3) is 17.2 Å². The molecule has 2 heterocycles. The van der Waals surface area contributed by atoms with Crippen molar-refractivity contribution in [2.45, 2.75) is 31.1 Å². The summed E-state index contributed by atoms with van der Waals surface area (Å²) in [6.45, 7) is 2.75. The van der Waals surface area contributed by atoms with Gasteiger partial charge >= 0.3 is 0 Å². The monoisotopic (exact) mass is 501 g/mol. The molecular weight excluding hydrogens is 474 g/mol. The molecule has 0 bridgehead atoms. The average Bonchev–Trinajstić information content (AvgIpc) is 3.29. The van der Waals surface area contributed by atoms with Gasteiger partial charge in [-0.1, -0.05) is 24.3 Å². The molecule has 0 aromatic heterocycles. The van der Waals surface area contributed by atoms with E-state index in [0.29, 0.717) is 49.6 Å². The van der Waals surface area contributed by atoms with E-state index >= 15 is 0 Å². The number of carbonyl (C=O) groups is 2. The third-order valence-corrected chi connectivity index (χ3v) is 8.04. The minimum absolute atomic E-state index is 0.205. The van der Waals surface area contributed by atoms with Crippen LogP contribution in [0.4, 0.5) is 0 Å². The Morgan fingerprint density at radius 3 is 2.58 bits per heavy atom. The van der Waals surface area contributed by atoms with Crippen LogP contribution in [0.15, 0.2) is 52.4 Å². The fourth-order valence-electron chi connectivity index (χ4n) is 4.91. The smallest absolute Gasteiger partial charge is 0.286 e. The highest BCUT2D eigenvalue weighted by Crippen LogP contribution is 2.43. The molecule has 184 valence electrons. The van der Waals surface area contributed by atoms with E-state index in [2.05, 4.69) is 16.0 Å². The quantitative estimate of drug-likeness (QED) is 0.567. The van der Waals surface area contributed by atoms with E-state index in [1.54, 1.807) is 7.11 Å². The summed E-state index contributed by atoms with van der Waals surface area (Å²) in [6.07, 6.45) is 3.69. The number of amides is 1. The van der Waals surface area contributed by atoms with Gasteiger partial charge in [-0.25, -0.2) is 0 Å². The number of hydrogen-bond donors (Lipinski definition) is 0. The summed E-state index contributed by atoms with van der Waals surface area (Å²) in [4.78, 5) is 31.4. The van der Waals surface area contributed by atoms with Crippen LogP contribution < -0.4 is 4.74 Å². The third-order valence-electron chi connectivity index (χ3n) is 7.00. The SMILES string of the molecule is COc1ccc(-c2cccc(C=C3SC(N4CCOCC4)=NC3=O)c2)cc1C1(C#N)CCC(=O)CC1. The predicted molar refractivity (Wildman–Crippen MR) is 140 cm³/mol. The maximum Gasteiger partial charge on any atom is 0.286 e. The van der Waals surface area contributed by atoms with Gasteiger partial charge in [0.2, 0.25) is 0 Å². The number of aliphatic imine (C=N–C) groups is 1. The molecule has 36 heavy (non-hydrogen) atoms. The van der Waals surface area contributed by atoms with E-state index in [-0.39, 0.29) is 11.7 Å². The molecule has 2 aliphatic heterocycles. The Balaban J connectivity index is 1.43. The molecule has 0 spiro atoms. The van der Waals surface area contributed by atoms with Gasteiger partial charge in [-0.3, -0.25) is 9.59 Å². The number of thioether (sulfide) groups is 1. The first kappa shape index (κ1) is 24.3. The molecule has 0 N–H and O–H groups in total. The van der Waals surface area contributed by atoms with Crippen LogP contribution in [0.3, 0.4) is 0 Å². The summed E-state index contributed by atoms with van der Waals surface area (Å²) < 4.78 is 11.0. The molecule has 7 nitrogen and oxygen atoms in total. The molecular formula is C28H27N3O4S. The Bertz CT molecular complexity index is 1290. The van der Waals surface area contributed by atoms with Crippen molar-refractivity contribution in [3.8, 4) is 22.9 Å². The zero-order valence-electron chi connectivity index (χ0n) is 20.2. The summed E-state index contributed by atoms with van der Waals surface area (Å²) >= 11 is 1.40. The van der Waals surface area contributed by atoms with Gasteiger partial charge in [-0.2, -0.15) is 10.3 Å². The minimum atomic E-state index is -0.741. The van der Waals surface area contributed by atoms with Crippen molar-refractivity contribution in [3.63, 3.8) is 0 Å². The lowest BCUT2D eigenvalue weighted by Gasteiger charge is -2.32. The lowest BCUT2D eigenvalue weighted by Crippen LogP contribution is -2.38. The summed E-state index contributed by atoms with van der Waals surface area (Å²) in [6, 6.07) is 16.3. The fraction of sp³-hybridized carbons (Fsp3) is 0.357. The van der Waals surface area contributed by atoms with Gasteiger partial charge in [0, 0.05) is 31.5 Å². The van der Waals surface area contributed by atoms with Gasteiger partial charge in [0.1, 0.15) is 11.5 Å². The number of benzene rings is 2. The van der Waals surface area contributed by atoms with Crippen LogP contribution in [-0.2, 0) is 19.7 Å².